The maximum absolute atomic E-state index is 13.7. The lowest BCUT2D eigenvalue weighted by molar-refractivity contribution is 0.278. The highest BCUT2D eigenvalue weighted by Crippen LogP contribution is 2.33. The van der Waals surface area contributed by atoms with Crippen molar-refractivity contribution in [2.24, 2.45) is 0 Å². The molecule has 0 spiro atoms. The van der Waals surface area contributed by atoms with E-state index in [9.17, 15) is 4.39 Å². The molecule has 104 valence electrons. The number of benzene rings is 2. The van der Waals surface area contributed by atoms with Crippen molar-refractivity contribution in [1.82, 2.24) is 0 Å². The van der Waals surface area contributed by atoms with Gasteiger partial charge in [-0.25, -0.2) is 4.39 Å². The number of rotatable bonds is 3. The molecule has 0 fully saturated rings. The molecule has 1 aliphatic heterocycles. The molecule has 0 radical (unpaired) electrons. The van der Waals surface area contributed by atoms with Crippen molar-refractivity contribution in [3.8, 4) is 5.75 Å². The summed E-state index contributed by atoms with van der Waals surface area (Å²) in [5.41, 5.74) is 2.43. The van der Waals surface area contributed by atoms with Crippen molar-refractivity contribution < 1.29 is 14.2 Å². The standard InChI is InChI=1S/C16H16FNO2/c17-14-4-2-1-3-13(14)10-18-7-8-20-16-9-12(11-19)5-6-15(16)18/h1-6,9,19H,7-8,10-11H2. The van der Waals surface area contributed by atoms with E-state index >= 15 is 0 Å². The van der Waals surface area contributed by atoms with Gasteiger partial charge in [-0.05, 0) is 23.8 Å². The molecule has 0 aliphatic carbocycles. The van der Waals surface area contributed by atoms with E-state index in [0.717, 1.165) is 23.5 Å². The normalized spacial score (nSPS) is 13.8. The van der Waals surface area contributed by atoms with Gasteiger partial charge in [0.2, 0.25) is 0 Å². The molecule has 0 amide bonds. The lowest BCUT2D eigenvalue weighted by Crippen LogP contribution is -2.32. The summed E-state index contributed by atoms with van der Waals surface area (Å²) in [6.07, 6.45) is 0. The van der Waals surface area contributed by atoms with Crippen molar-refractivity contribution in [2.75, 3.05) is 18.1 Å². The first-order valence-corrected chi connectivity index (χ1v) is 6.63. The van der Waals surface area contributed by atoms with Gasteiger partial charge in [-0.15, -0.1) is 0 Å². The number of fused-ring (bicyclic) bond motifs is 1. The minimum atomic E-state index is -0.187. The summed E-state index contributed by atoms with van der Waals surface area (Å²) in [6, 6.07) is 12.4. The lowest BCUT2D eigenvalue weighted by atomic mass is 10.1. The maximum atomic E-state index is 13.7. The largest absolute Gasteiger partial charge is 0.490 e. The molecule has 20 heavy (non-hydrogen) atoms. The van der Waals surface area contributed by atoms with Crippen LogP contribution in [0.4, 0.5) is 10.1 Å². The molecular weight excluding hydrogens is 257 g/mol. The van der Waals surface area contributed by atoms with Crippen molar-refractivity contribution >= 4 is 5.69 Å². The van der Waals surface area contributed by atoms with Crippen molar-refractivity contribution in [3.05, 3.63) is 59.4 Å². The Hall–Kier alpha value is -2.07. The molecule has 3 nitrogen and oxygen atoms in total. The van der Waals surface area contributed by atoms with Crippen LogP contribution in [0.2, 0.25) is 0 Å². The minimum Gasteiger partial charge on any atom is -0.490 e. The Bertz CT molecular complexity index is 615. The van der Waals surface area contributed by atoms with Gasteiger partial charge < -0.3 is 14.7 Å². The van der Waals surface area contributed by atoms with Crippen LogP contribution in [0.5, 0.6) is 5.75 Å². The number of aliphatic hydroxyl groups is 1. The smallest absolute Gasteiger partial charge is 0.143 e. The lowest BCUT2D eigenvalue weighted by Gasteiger charge is -2.31. The Morgan fingerprint density at radius 1 is 1.20 bits per heavy atom. The fourth-order valence-corrected chi connectivity index (χ4v) is 2.42. The summed E-state index contributed by atoms with van der Waals surface area (Å²) in [6.45, 7) is 1.79. The number of anilines is 1. The third-order valence-electron chi connectivity index (χ3n) is 3.49. The topological polar surface area (TPSA) is 32.7 Å². The number of aliphatic hydroxyl groups excluding tert-OH is 1. The van der Waals surface area contributed by atoms with Crippen LogP contribution in [0.1, 0.15) is 11.1 Å². The van der Waals surface area contributed by atoms with Crippen LogP contribution in [0, 0.1) is 5.82 Å². The summed E-state index contributed by atoms with van der Waals surface area (Å²) >= 11 is 0. The Morgan fingerprint density at radius 3 is 2.85 bits per heavy atom. The SMILES string of the molecule is OCc1ccc2c(c1)OCCN2Cc1ccccc1F. The van der Waals surface area contributed by atoms with Crippen LogP contribution < -0.4 is 9.64 Å². The first-order valence-electron chi connectivity index (χ1n) is 6.63. The summed E-state index contributed by atoms with van der Waals surface area (Å²) in [4.78, 5) is 2.10. The van der Waals surface area contributed by atoms with Crippen molar-refractivity contribution in [2.45, 2.75) is 13.2 Å². The third-order valence-corrected chi connectivity index (χ3v) is 3.49. The van der Waals surface area contributed by atoms with E-state index in [-0.39, 0.29) is 12.4 Å². The fraction of sp³-hybridized carbons (Fsp3) is 0.250. The first kappa shape index (κ1) is 12.9. The third kappa shape index (κ3) is 2.47. The maximum Gasteiger partial charge on any atom is 0.143 e. The van der Waals surface area contributed by atoms with Gasteiger partial charge in [0.15, 0.2) is 0 Å². The molecule has 2 aromatic rings. The predicted octanol–water partition coefficient (Wildman–Crippen LogP) is 2.72. The Kier molecular flexibility index (Phi) is 3.56. The van der Waals surface area contributed by atoms with Crippen LogP contribution in [-0.2, 0) is 13.2 Å². The van der Waals surface area contributed by atoms with E-state index in [1.807, 2.05) is 24.3 Å². The molecule has 1 aliphatic rings. The molecule has 0 saturated carbocycles. The van der Waals surface area contributed by atoms with E-state index in [1.165, 1.54) is 6.07 Å². The molecule has 4 heteroatoms. The fourth-order valence-electron chi connectivity index (χ4n) is 2.42. The molecule has 1 N–H and O–H groups in total. The van der Waals surface area contributed by atoms with Gasteiger partial charge in [0.25, 0.3) is 0 Å². The zero-order valence-electron chi connectivity index (χ0n) is 11.1. The van der Waals surface area contributed by atoms with Crippen LogP contribution in [0.15, 0.2) is 42.5 Å². The molecule has 0 atom stereocenters. The second-order valence-corrected chi connectivity index (χ2v) is 4.82. The molecule has 0 saturated heterocycles. The quantitative estimate of drug-likeness (QED) is 0.933. The minimum absolute atomic E-state index is 0.00997. The Labute approximate surface area is 117 Å². The van der Waals surface area contributed by atoms with Gasteiger partial charge in [0.05, 0.1) is 18.8 Å². The summed E-state index contributed by atoms with van der Waals surface area (Å²) in [5, 5.41) is 9.16. The van der Waals surface area contributed by atoms with E-state index < -0.39 is 0 Å². The second-order valence-electron chi connectivity index (χ2n) is 4.82. The highest BCUT2D eigenvalue weighted by Gasteiger charge is 2.19. The van der Waals surface area contributed by atoms with Crippen LogP contribution >= 0.6 is 0 Å². The Balaban J connectivity index is 1.88. The number of halogens is 1. The summed E-state index contributed by atoms with van der Waals surface area (Å²) < 4.78 is 19.4. The molecule has 0 aromatic heterocycles. The highest BCUT2D eigenvalue weighted by molar-refractivity contribution is 5.61. The van der Waals surface area contributed by atoms with Crippen molar-refractivity contribution in [3.63, 3.8) is 0 Å². The van der Waals surface area contributed by atoms with Crippen molar-refractivity contribution in [1.29, 1.82) is 0 Å². The van der Waals surface area contributed by atoms with Gasteiger partial charge in [-0.2, -0.15) is 0 Å². The molecule has 0 unspecified atom stereocenters. The number of hydrogen-bond donors (Lipinski definition) is 1. The molecule has 3 rings (SSSR count). The summed E-state index contributed by atoms with van der Waals surface area (Å²) in [7, 11) is 0. The monoisotopic (exact) mass is 273 g/mol. The number of ether oxygens (including phenoxy) is 1. The van der Waals surface area contributed by atoms with Crippen LogP contribution in [0.3, 0.4) is 0 Å². The summed E-state index contributed by atoms with van der Waals surface area (Å²) in [5.74, 6) is 0.562. The van der Waals surface area contributed by atoms with Crippen LogP contribution in [-0.4, -0.2) is 18.3 Å². The van der Waals surface area contributed by atoms with E-state index in [2.05, 4.69) is 4.90 Å². The van der Waals surface area contributed by atoms with E-state index in [4.69, 9.17) is 9.84 Å². The average molecular weight is 273 g/mol. The van der Waals surface area contributed by atoms with Gasteiger partial charge in [-0.3, -0.25) is 0 Å². The molecule has 1 heterocycles. The van der Waals surface area contributed by atoms with Gasteiger partial charge >= 0.3 is 0 Å². The average Bonchev–Trinajstić information content (AvgIpc) is 2.49. The number of hydrogen-bond acceptors (Lipinski definition) is 3. The zero-order valence-corrected chi connectivity index (χ0v) is 11.1. The molecule has 2 aromatic carbocycles. The van der Waals surface area contributed by atoms with E-state index in [0.29, 0.717) is 18.7 Å². The Morgan fingerprint density at radius 2 is 2.05 bits per heavy atom. The van der Waals surface area contributed by atoms with Gasteiger partial charge in [-0.1, -0.05) is 24.3 Å². The predicted molar refractivity (Wildman–Crippen MR) is 75.3 cm³/mol. The highest BCUT2D eigenvalue weighted by atomic mass is 19.1. The molecule has 0 bridgehead atoms. The van der Waals surface area contributed by atoms with Gasteiger partial charge in [0.1, 0.15) is 18.2 Å². The first-order chi connectivity index (χ1) is 9.78. The second kappa shape index (κ2) is 5.51. The molecular formula is C16H16FNO2. The van der Waals surface area contributed by atoms with Crippen LogP contribution in [0.25, 0.3) is 0 Å². The zero-order chi connectivity index (χ0) is 13.9. The van der Waals surface area contributed by atoms with Gasteiger partial charge in [0, 0.05) is 12.1 Å². The number of nitrogens with zero attached hydrogens (tertiary/aromatic N) is 1. The van der Waals surface area contributed by atoms with E-state index in [1.54, 1.807) is 12.1 Å².